The molecule has 0 aromatic carbocycles. The molecule has 0 aromatic heterocycles. The summed E-state index contributed by atoms with van der Waals surface area (Å²) < 4.78 is 68.5. The number of rotatable bonds is 77. The molecular weight excluding hydrogens is 1330 g/mol. The molecule has 0 fully saturated rings. The van der Waals surface area contributed by atoms with Crippen LogP contribution in [0.1, 0.15) is 362 Å². The molecule has 2 unspecified atom stereocenters. The van der Waals surface area contributed by atoms with E-state index in [4.69, 9.17) is 37.0 Å². The molecule has 19 heteroatoms. The van der Waals surface area contributed by atoms with Crippen molar-refractivity contribution in [2.24, 2.45) is 0 Å². The van der Waals surface area contributed by atoms with E-state index < -0.39 is 97.5 Å². The molecule has 0 saturated heterocycles. The lowest BCUT2D eigenvalue weighted by Gasteiger charge is -2.21. The molecule has 0 aliphatic carbocycles. The highest BCUT2D eigenvalue weighted by Crippen LogP contribution is 2.45. The van der Waals surface area contributed by atoms with Crippen molar-refractivity contribution in [3.8, 4) is 0 Å². The van der Waals surface area contributed by atoms with Crippen molar-refractivity contribution in [2.75, 3.05) is 39.6 Å². The number of unbranched alkanes of at least 4 members (excludes halogenated alkanes) is 37. The Balaban J connectivity index is 5.41. The number of hydrogen-bond acceptors (Lipinski definition) is 15. The third-order valence-corrected chi connectivity index (χ3v) is 19.2. The third-order valence-electron chi connectivity index (χ3n) is 17.3. The maximum atomic E-state index is 13.1. The van der Waals surface area contributed by atoms with Crippen molar-refractivity contribution in [1.29, 1.82) is 0 Å². The Kier molecular flexibility index (Phi) is 72.7. The topological polar surface area (TPSA) is 237 Å². The molecule has 0 rings (SSSR count). The van der Waals surface area contributed by atoms with Gasteiger partial charge in [0.2, 0.25) is 0 Å². The van der Waals surface area contributed by atoms with Crippen molar-refractivity contribution in [2.45, 2.75) is 380 Å². The number of esters is 4. The van der Waals surface area contributed by atoms with E-state index >= 15 is 0 Å². The molecule has 592 valence electrons. The summed E-state index contributed by atoms with van der Waals surface area (Å²) >= 11 is 0. The third kappa shape index (κ3) is 74.5. The van der Waals surface area contributed by atoms with Crippen LogP contribution in [0.5, 0.6) is 0 Å². The summed E-state index contributed by atoms with van der Waals surface area (Å²) in [5, 5.41) is 10.6. The number of phosphoric acid groups is 2. The summed E-state index contributed by atoms with van der Waals surface area (Å²) in [7, 11) is -9.97. The first kappa shape index (κ1) is 98.2. The summed E-state index contributed by atoms with van der Waals surface area (Å²) in [5.74, 6) is -2.26. The zero-order valence-electron chi connectivity index (χ0n) is 64.8. The normalized spacial score (nSPS) is 14.3. The Morgan fingerprint density at radius 2 is 0.500 bits per heavy atom. The van der Waals surface area contributed by atoms with Gasteiger partial charge in [0.25, 0.3) is 0 Å². The Morgan fingerprint density at radius 1 is 0.275 bits per heavy atom. The lowest BCUT2D eigenvalue weighted by Crippen LogP contribution is -2.30. The molecule has 0 aromatic rings. The van der Waals surface area contributed by atoms with Crippen LogP contribution in [0.15, 0.2) is 85.1 Å². The highest BCUT2D eigenvalue weighted by atomic mass is 31.2. The fraction of sp³-hybridized carbons (Fsp3) is 0.783. The number of aliphatic hydroxyl groups excluding tert-OH is 1. The van der Waals surface area contributed by atoms with E-state index in [2.05, 4.69) is 94.5 Å². The van der Waals surface area contributed by atoms with Crippen LogP contribution in [0.25, 0.3) is 0 Å². The number of phosphoric ester groups is 2. The van der Waals surface area contributed by atoms with Crippen molar-refractivity contribution in [3.05, 3.63) is 85.1 Å². The van der Waals surface area contributed by atoms with Crippen LogP contribution >= 0.6 is 15.6 Å². The van der Waals surface area contributed by atoms with Gasteiger partial charge < -0.3 is 33.8 Å². The van der Waals surface area contributed by atoms with E-state index in [1.54, 1.807) is 0 Å². The molecule has 0 aliphatic heterocycles. The summed E-state index contributed by atoms with van der Waals surface area (Å²) in [5.41, 5.74) is 0. The molecule has 3 N–H and O–H groups in total. The number of carbonyl (C=O) groups is 4. The van der Waals surface area contributed by atoms with Crippen LogP contribution in [0.4, 0.5) is 0 Å². The van der Waals surface area contributed by atoms with E-state index in [0.29, 0.717) is 32.1 Å². The van der Waals surface area contributed by atoms with Crippen molar-refractivity contribution in [1.82, 2.24) is 0 Å². The molecule has 0 bridgehead atoms. The minimum absolute atomic E-state index is 0.0281. The summed E-state index contributed by atoms with van der Waals surface area (Å²) in [6.45, 7) is 4.79. The maximum absolute atomic E-state index is 13.1. The molecule has 0 amide bonds. The lowest BCUT2D eigenvalue weighted by molar-refractivity contribution is -0.161. The summed E-state index contributed by atoms with van der Waals surface area (Å²) in [6.07, 6.45) is 78.6. The van der Waals surface area contributed by atoms with E-state index in [0.717, 1.165) is 128 Å². The zero-order valence-corrected chi connectivity index (χ0v) is 66.6. The van der Waals surface area contributed by atoms with Crippen LogP contribution in [0.3, 0.4) is 0 Å². The number of hydrogen-bond donors (Lipinski definition) is 3. The zero-order chi connectivity index (χ0) is 74.6. The number of carbonyl (C=O) groups excluding carboxylic acids is 4. The van der Waals surface area contributed by atoms with Gasteiger partial charge in [-0.25, -0.2) is 9.13 Å². The van der Waals surface area contributed by atoms with Gasteiger partial charge in [-0.15, -0.1) is 0 Å². The van der Waals surface area contributed by atoms with Gasteiger partial charge in [0.05, 0.1) is 26.4 Å². The van der Waals surface area contributed by atoms with Gasteiger partial charge in [-0.3, -0.25) is 37.3 Å². The molecule has 0 radical (unpaired) electrons. The molecule has 17 nitrogen and oxygen atoms in total. The summed E-state index contributed by atoms with van der Waals surface area (Å²) in [4.78, 5) is 73.0. The Morgan fingerprint density at radius 3 is 0.833 bits per heavy atom. The van der Waals surface area contributed by atoms with Gasteiger partial charge in [0.15, 0.2) is 12.2 Å². The Bertz CT molecular complexity index is 2260. The summed E-state index contributed by atoms with van der Waals surface area (Å²) in [6, 6.07) is 0. The molecule has 0 heterocycles. The Hall–Kier alpha value is -3.76. The minimum atomic E-state index is -4.99. The van der Waals surface area contributed by atoms with Gasteiger partial charge in [-0.05, 0) is 116 Å². The van der Waals surface area contributed by atoms with Crippen LogP contribution in [0.2, 0.25) is 0 Å². The fourth-order valence-electron chi connectivity index (χ4n) is 11.1. The monoisotopic (exact) mass is 1480 g/mol. The largest absolute Gasteiger partial charge is 0.472 e. The van der Waals surface area contributed by atoms with Gasteiger partial charge >= 0.3 is 39.5 Å². The molecule has 0 saturated carbocycles. The molecule has 0 spiro atoms. The Labute approximate surface area is 621 Å². The van der Waals surface area contributed by atoms with Crippen LogP contribution in [-0.4, -0.2) is 96.7 Å². The van der Waals surface area contributed by atoms with Crippen molar-refractivity contribution in [3.63, 3.8) is 0 Å². The van der Waals surface area contributed by atoms with Gasteiger partial charge in [-0.2, -0.15) is 0 Å². The first-order chi connectivity index (χ1) is 49.7. The fourth-order valence-corrected chi connectivity index (χ4v) is 12.7. The van der Waals surface area contributed by atoms with E-state index in [1.165, 1.54) is 148 Å². The SMILES string of the molecule is CCCCC/C=C\C/C=C\C/C=C\C/C=C\C/C=C\CCC(=O)O[C@H](COC(=O)CCCCCCC/C=C\CCCCCCCC)COP(=O)(O)OC[C@@H](O)COP(=O)(O)OC[C@@H](COC(=O)CCCCCCCCC/C=C\CCCCCC)OC(=O)CCCCCCCCCCCCCCC. The van der Waals surface area contributed by atoms with Crippen LogP contribution < -0.4 is 0 Å². The average molecular weight is 1480 g/mol. The lowest BCUT2D eigenvalue weighted by atomic mass is 10.0. The molecular formula is C83H148O17P2. The van der Waals surface area contributed by atoms with E-state index in [1.807, 2.05) is 18.2 Å². The number of aliphatic hydroxyl groups is 1. The minimum Gasteiger partial charge on any atom is -0.462 e. The van der Waals surface area contributed by atoms with Gasteiger partial charge in [-0.1, -0.05) is 305 Å². The van der Waals surface area contributed by atoms with Crippen molar-refractivity contribution >= 4 is 39.5 Å². The highest BCUT2D eigenvalue weighted by molar-refractivity contribution is 7.47. The smallest absolute Gasteiger partial charge is 0.462 e. The number of ether oxygens (including phenoxy) is 4. The van der Waals surface area contributed by atoms with E-state index in [-0.39, 0.29) is 25.7 Å². The first-order valence-electron chi connectivity index (χ1n) is 40.8. The second-order valence-corrected chi connectivity index (χ2v) is 30.3. The number of allylic oxidation sites excluding steroid dienone is 14. The van der Waals surface area contributed by atoms with Crippen LogP contribution in [0, 0.1) is 0 Å². The highest BCUT2D eigenvalue weighted by Gasteiger charge is 2.30. The van der Waals surface area contributed by atoms with Gasteiger partial charge in [0.1, 0.15) is 19.3 Å². The predicted octanol–water partition coefficient (Wildman–Crippen LogP) is 23.8. The standard InChI is InChI=1S/C83H148O17P2/c1-5-9-13-17-21-25-29-33-36-37-38-39-42-46-50-54-58-62-66-70-83(88)100-79(74-94-81(86)68-64-60-56-52-48-45-41-35-31-27-23-19-15-11-7-3)76-98-102(91,92)96-72-77(84)71-95-101(89,90)97-75-78(99-82(87)69-65-61-57-53-49-43-32-28-24-20-16-12-8-4)73-93-80(85)67-63-59-55-51-47-44-40-34-30-26-22-18-14-10-6-2/h21,25-26,30,33,35-36,38-39,41,46,50,58,62,77-79,84H,5-20,22-24,27-29,31-32,34,37,40,42-45,47-49,51-57,59-61,63-76H2,1-4H3,(H,89,90)(H,91,92)/b25-21-,30-26-,36-33-,39-38-,41-35-,50-46-,62-58-/t77-,78+,79+/m0/s1. The van der Waals surface area contributed by atoms with Crippen molar-refractivity contribution < 1.29 is 80.2 Å². The average Bonchev–Trinajstić information content (AvgIpc) is 0.908. The quantitative estimate of drug-likeness (QED) is 0.0169. The molecule has 5 atom stereocenters. The second-order valence-electron chi connectivity index (χ2n) is 27.4. The predicted molar refractivity (Wildman–Crippen MR) is 418 cm³/mol. The first-order valence-corrected chi connectivity index (χ1v) is 43.8. The van der Waals surface area contributed by atoms with E-state index in [9.17, 15) is 43.2 Å². The van der Waals surface area contributed by atoms with Gasteiger partial charge in [0, 0.05) is 25.7 Å². The maximum Gasteiger partial charge on any atom is 0.472 e. The van der Waals surface area contributed by atoms with Crippen LogP contribution in [-0.2, 0) is 65.4 Å². The molecule has 102 heavy (non-hydrogen) atoms. The molecule has 0 aliphatic rings. The second kappa shape index (κ2) is 75.5.